The molecule has 0 spiro atoms. The SMILES string of the molecule is Cn1cc(-c2cc(OCCO)cc3c2-c2ccccc2C3(O)C(F)(F)F)cn1. The maximum Gasteiger partial charge on any atom is 0.425 e. The number of nitrogens with zero attached hydrogens (tertiary/aromatic N) is 2. The topological polar surface area (TPSA) is 67.5 Å². The lowest BCUT2D eigenvalue weighted by Crippen LogP contribution is -2.41. The van der Waals surface area contributed by atoms with Crippen molar-refractivity contribution in [1.29, 1.82) is 0 Å². The molecule has 1 aliphatic rings. The molecule has 0 aliphatic heterocycles. The number of benzene rings is 2. The largest absolute Gasteiger partial charge is 0.491 e. The van der Waals surface area contributed by atoms with Crippen LogP contribution >= 0.6 is 0 Å². The number of halogens is 3. The second-order valence-corrected chi connectivity index (χ2v) is 6.62. The van der Waals surface area contributed by atoms with E-state index in [9.17, 15) is 18.3 Å². The maximum absolute atomic E-state index is 14.1. The molecule has 5 nitrogen and oxygen atoms in total. The summed E-state index contributed by atoms with van der Waals surface area (Å²) in [7, 11) is 1.70. The second-order valence-electron chi connectivity index (χ2n) is 6.62. The van der Waals surface area contributed by atoms with E-state index in [1.165, 1.54) is 18.2 Å². The Hall–Kier alpha value is -2.84. The predicted octanol–water partition coefficient (Wildman–Crippen LogP) is 3.24. The Kier molecular flexibility index (Phi) is 4.20. The number of ether oxygens (including phenoxy) is 1. The fraction of sp³-hybridized carbons (Fsp3) is 0.250. The van der Waals surface area contributed by atoms with Crippen LogP contribution in [-0.2, 0) is 12.6 Å². The third-order valence-corrected chi connectivity index (χ3v) is 4.87. The zero-order valence-corrected chi connectivity index (χ0v) is 14.9. The van der Waals surface area contributed by atoms with Crippen molar-refractivity contribution in [2.75, 3.05) is 13.2 Å². The summed E-state index contributed by atoms with van der Waals surface area (Å²) in [5.74, 6) is 0.127. The third-order valence-electron chi connectivity index (χ3n) is 4.87. The molecule has 146 valence electrons. The van der Waals surface area contributed by atoms with E-state index >= 15 is 0 Å². The first-order chi connectivity index (χ1) is 13.3. The van der Waals surface area contributed by atoms with Crippen LogP contribution in [0.5, 0.6) is 5.75 Å². The van der Waals surface area contributed by atoms with Crippen LogP contribution in [0.3, 0.4) is 0 Å². The van der Waals surface area contributed by atoms with Gasteiger partial charge in [-0.15, -0.1) is 0 Å². The Morgan fingerprint density at radius 1 is 1.14 bits per heavy atom. The predicted molar refractivity (Wildman–Crippen MR) is 95.7 cm³/mol. The van der Waals surface area contributed by atoms with E-state index in [2.05, 4.69) is 5.10 Å². The lowest BCUT2D eigenvalue weighted by atomic mass is 9.89. The van der Waals surface area contributed by atoms with E-state index in [1.807, 2.05) is 0 Å². The van der Waals surface area contributed by atoms with E-state index in [0.717, 1.165) is 0 Å². The molecular formula is C20H17F3N2O3. The van der Waals surface area contributed by atoms with Gasteiger partial charge >= 0.3 is 6.18 Å². The van der Waals surface area contributed by atoms with E-state index < -0.39 is 11.8 Å². The highest BCUT2D eigenvalue weighted by atomic mass is 19.4. The van der Waals surface area contributed by atoms with Crippen LogP contribution in [0.2, 0.25) is 0 Å². The number of fused-ring (bicyclic) bond motifs is 3. The number of hydrogen-bond donors (Lipinski definition) is 2. The fourth-order valence-electron chi connectivity index (χ4n) is 3.69. The average Bonchev–Trinajstić information content (AvgIpc) is 3.20. The van der Waals surface area contributed by atoms with Crippen LogP contribution in [0, 0.1) is 0 Å². The number of aliphatic hydroxyl groups excluding tert-OH is 1. The van der Waals surface area contributed by atoms with Crippen LogP contribution in [0.1, 0.15) is 11.1 Å². The van der Waals surface area contributed by atoms with Crippen molar-refractivity contribution in [1.82, 2.24) is 9.78 Å². The van der Waals surface area contributed by atoms with Gasteiger partial charge in [0.05, 0.1) is 12.8 Å². The van der Waals surface area contributed by atoms with E-state index in [-0.39, 0.29) is 30.1 Å². The van der Waals surface area contributed by atoms with Crippen LogP contribution in [0.15, 0.2) is 48.8 Å². The maximum atomic E-state index is 14.1. The monoisotopic (exact) mass is 390 g/mol. The van der Waals surface area contributed by atoms with E-state index in [4.69, 9.17) is 9.84 Å². The first-order valence-electron chi connectivity index (χ1n) is 8.57. The number of alkyl halides is 3. The number of rotatable bonds is 4. The standard InChI is InChI=1S/C20H17F3N2O3/c1-25-11-12(10-24-25)15-8-13(28-7-6-26)9-17-18(15)14-4-2-3-5-16(14)19(17,27)20(21,22)23/h2-5,8-11,26-27H,6-7H2,1H3. The van der Waals surface area contributed by atoms with Crippen LogP contribution in [-0.4, -0.2) is 39.4 Å². The van der Waals surface area contributed by atoms with Gasteiger partial charge in [0.1, 0.15) is 12.4 Å². The number of hydrogen-bond acceptors (Lipinski definition) is 4. The lowest BCUT2D eigenvalue weighted by molar-refractivity contribution is -0.246. The molecule has 1 aromatic heterocycles. The second kappa shape index (κ2) is 6.35. The van der Waals surface area contributed by atoms with Gasteiger partial charge in [-0.25, -0.2) is 0 Å². The van der Waals surface area contributed by atoms with Gasteiger partial charge in [-0.2, -0.15) is 18.3 Å². The lowest BCUT2D eigenvalue weighted by Gasteiger charge is -2.28. The van der Waals surface area contributed by atoms with Gasteiger partial charge in [0, 0.05) is 29.9 Å². The minimum absolute atomic E-state index is 0.0807. The normalized spacial score (nSPS) is 18.1. The zero-order chi connectivity index (χ0) is 20.1. The summed E-state index contributed by atoms with van der Waals surface area (Å²) < 4.78 is 49.2. The number of aryl methyl sites for hydroxylation is 1. The van der Waals surface area contributed by atoms with E-state index in [0.29, 0.717) is 22.3 Å². The van der Waals surface area contributed by atoms with Gasteiger partial charge in [0.25, 0.3) is 0 Å². The summed E-state index contributed by atoms with van der Waals surface area (Å²) in [6, 6.07) is 8.74. The molecule has 1 heterocycles. The van der Waals surface area contributed by atoms with Gasteiger partial charge in [-0.3, -0.25) is 4.68 Å². The highest BCUT2D eigenvalue weighted by molar-refractivity contribution is 5.93. The van der Waals surface area contributed by atoms with Crippen molar-refractivity contribution in [2.24, 2.45) is 7.05 Å². The molecule has 0 saturated carbocycles. The summed E-state index contributed by atoms with van der Waals surface area (Å²) in [4.78, 5) is 0. The van der Waals surface area contributed by atoms with Gasteiger partial charge in [-0.1, -0.05) is 24.3 Å². The first kappa shape index (κ1) is 18.5. The molecular weight excluding hydrogens is 373 g/mol. The summed E-state index contributed by atoms with van der Waals surface area (Å²) in [5.41, 5.74) is -2.02. The molecule has 3 aromatic rings. The van der Waals surface area contributed by atoms with E-state index in [1.54, 1.807) is 42.3 Å². The molecule has 0 radical (unpaired) electrons. The molecule has 1 unspecified atom stereocenters. The minimum atomic E-state index is -4.93. The van der Waals surface area contributed by atoms with Crippen LogP contribution < -0.4 is 4.74 Å². The smallest absolute Gasteiger partial charge is 0.425 e. The van der Waals surface area contributed by atoms with Crippen molar-refractivity contribution in [3.05, 3.63) is 59.9 Å². The third kappa shape index (κ3) is 2.60. The highest BCUT2D eigenvalue weighted by Crippen LogP contribution is 2.58. The Morgan fingerprint density at radius 2 is 1.89 bits per heavy atom. The van der Waals surface area contributed by atoms with Crippen molar-refractivity contribution in [3.63, 3.8) is 0 Å². The number of aromatic nitrogens is 2. The highest BCUT2D eigenvalue weighted by Gasteiger charge is 2.61. The van der Waals surface area contributed by atoms with Crippen molar-refractivity contribution in [3.8, 4) is 28.0 Å². The molecule has 0 fully saturated rings. The first-order valence-corrected chi connectivity index (χ1v) is 8.57. The van der Waals surface area contributed by atoms with Gasteiger partial charge in [-0.05, 0) is 28.8 Å². The minimum Gasteiger partial charge on any atom is -0.491 e. The Balaban J connectivity index is 2.07. The van der Waals surface area contributed by atoms with Crippen molar-refractivity contribution < 1.29 is 28.1 Å². The molecule has 0 amide bonds. The Labute approximate surface area is 158 Å². The molecule has 0 bridgehead atoms. The quantitative estimate of drug-likeness (QED) is 0.718. The zero-order valence-electron chi connectivity index (χ0n) is 14.9. The van der Waals surface area contributed by atoms with Gasteiger partial charge < -0.3 is 14.9 Å². The molecule has 2 aromatic carbocycles. The molecule has 4 rings (SSSR count). The Morgan fingerprint density at radius 3 is 2.54 bits per heavy atom. The van der Waals surface area contributed by atoms with Crippen molar-refractivity contribution in [2.45, 2.75) is 11.8 Å². The average molecular weight is 390 g/mol. The fourth-order valence-corrected chi connectivity index (χ4v) is 3.69. The molecule has 8 heteroatoms. The molecule has 1 aliphatic carbocycles. The summed E-state index contributed by atoms with van der Waals surface area (Å²) >= 11 is 0. The molecule has 28 heavy (non-hydrogen) atoms. The number of aliphatic hydroxyl groups is 2. The van der Waals surface area contributed by atoms with Gasteiger partial charge in [0.15, 0.2) is 0 Å². The molecule has 2 N–H and O–H groups in total. The van der Waals surface area contributed by atoms with Crippen LogP contribution in [0.25, 0.3) is 22.3 Å². The summed E-state index contributed by atoms with van der Waals surface area (Å²) in [6.07, 6.45) is -1.71. The van der Waals surface area contributed by atoms with Gasteiger partial charge in [0.2, 0.25) is 5.60 Å². The summed E-state index contributed by atoms with van der Waals surface area (Å²) in [5, 5.41) is 24.0. The Bertz CT molecular complexity index is 1050. The summed E-state index contributed by atoms with van der Waals surface area (Å²) in [6.45, 7) is -0.369. The molecule has 0 saturated heterocycles. The van der Waals surface area contributed by atoms with Crippen LogP contribution in [0.4, 0.5) is 13.2 Å². The van der Waals surface area contributed by atoms with Crippen molar-refractivity contribution >= 4 is 0 Å². The molecule has 1 atom stereocenters.